The molecule has 0 atom stereocenters. The molecule has 0 N–H and O–H groups in total. The van der Waals surface area contributed by atoms with Crippen LogP contribution in [0.5, 0.6) is 11.5 Å². The summed E-state index contributed by atoms with van der Waals surface area (Å²) in [6.45, 7) is 5.37. The molecule has 0 radical (unpaired) electrons. The van der Waals surface area contributed by atoms with E-state index in [1.54, 1.807) is 14.2 Å². The zero-order valence-electron chi connectivity index (χ0n) is 16.0. The number of fused-ring (bicyclic) bond motifs is 1. The maximum atomic E-state index is 5.59. The van der Waals surface area contributed by atoms with Crippen molar-refractivity contribution in [1.82, 2.24) is 4.98 Å². The van der Waals surface area contributed by atoms with Gasteiger partial charge in [0, 0.05) is 18.5 Å². The van der Waals surface area contributed by atoms with E-state index >= 15 is 0 Å². The molecule has 27 heavy (non-hydrogen) atoms. The van der Waals surface area contributed by atoms with Gasteiger partial charge in [-0.25, -0.2) is 4.98 Å². The van der Waals surface area contributed by atoms with E-state index < -0.39 is 0 Å². The first-order valence-electron chi connectivity index (χ1n) is 9.17. The lowest BCUT2D eigenvalue weighted by Gasteiger charge is -2.29. The summed E-state index contributed by atoms with van der Waals surface area (Å²) in [6.07, 6.45) is 0. The van der Waals surface area contributed by atoms with Crippen molar-refractivity contribution in [2.75, 3.05) is 45.4 Å². The number of hydrogen-bond donors (Lipinski definition) is 0. The predicted molar refractivity (Wildman–Crippen MR) is 108 cm³/mol. The maximum Gasteiger partial charge on any atom is 0.132 e. The molecule has 1 aliphatic heterocycles. The van der Waals surface area contributed by atoms with E-state index in [0.717, 1.165) is 65.6 Å². The Morgan fingerprint density at radius 1 is 0.963 bits per heavy atom. The van der Waals surface area contributed by atoms with Crippen molar-refractivity contribution in [3.63, 3.8) is 0 Å². The minimum absolute atomic E-state index is 0.745. The molecule has 0 saturated carbocycles. The highest BCUT2D eigenvalue weighted by Crippen LogP contribution is 2.39. The van der Waals surface area contributed by atoms with Crippen LogP contribution in [0.2, 0.25) is 0 Å². The summed E-state index contributed by atoms with van der Waals surface area (Å²) in [5, 5.41) is 1.16. The number of pyridine rings is 1. The van der Waals surface area contributed by atoms with Gasteiger partial charge < -0.3 is 19.1 Å². The summed E-state index contributed by atoms with van der Waals surface area (Å²) in [7, 11) is 3.34. The van der Waals surface area contributed by atoms with Crippen LogP contribution in [0.1, 0.15) is 5.56 Å². The van der Waals surface area contributed by atoms with Gasteiger partial charge in [0.15, 0.2) is 0 Å². The quantitative estimate of drug-likeness (QED) is 0.698. The van der Waals surface area contributed by atoms with Gasteiger partial charge in [0.2, 0.25) is 0 Å². The molecule has 1 saturated heterocycles. The number of methoxy groups -OCH3 is 2. The summed E-state index contributed by atoms with van der Waals surface area (Å²) in [6, 6.07) is 14.3. The first kappa shape index (κ1) is 17.6. The second-order valence-corrected chi connectivity index (χ2v) is 6.63. The number of ether oxygens (including phenoxy) is 3. The Morgan fingerprint density at radius 2 is 1.63 bits per heavy atom. The van der Waals surface area contributed by atoms with Gasteiger partial charge in [0.05, 0.1) is 49.9 Å². The fourth-order valence-electron chi connectivity index (χ4n) is 3.69. The number of morpholine rings is 1. The van der Waals surface area contributed by atoms with Crippen LogP contribution in [0.4, 0.5) is 5.69 Å². The number of aryl methyl sites for hydroxylation is 1. The average molecular weight is 364 g/mol. The number of anilines is 1. The van der Waals surface area contributed by atoms with Gasteiger partial charge in [-0.1, -0.05) is 18.2 Å². The van der Waals surface area contributed by atoms with Gasteiger partial charge in [-0.05, 0) is 36.8 Å². The Bertz CT molecular complexity index is 943. The molecule has 4 rings (SSSR count). The smallest absolute Gasteiger partial charge is 0.132 e. The van der Waals surface area contributed by atoms with Crippen LogP contribution in [-0.2, 0) is 4.74 Å². The van der Waals surface area contributed by atoms with Gasteiger partial charge in [-0.2, -0.15) is 0 Å². The van der Waals surface area contributed by atoms with Crippen molar-refractivity contribution in [2.45, 2.75) is 6.92 Å². The van der Waals surface area contributed by atoms with Crippen molar-refractivity contribution < 1.29 is 14.2 Å². The molecule has 3 aromatic rings. The van der Waals surface area contributed by atoms with Crippen LogP contribution in [0.25, 0.3) is 22.2 Å². The molecule has 1 fully saturated rings. The summed E-state index contributed by atoms with van der Waals surface area (Å²) in [5.41, 5.74) is 5.06. The normalized spacial score (nSPS) is 14.4. The number of benzene rings is 2. The lowest BCUT2D eigenvalue weighted by atomic mass is 10.0. The van der Waals surface area contributed by atoms with Crippen LogP contribution in [0, 0.1) is 6.92 Å². The highest BCUT2D eigenvalue weighted by atomic mass is 16.5. The third-order valence-corrected chi connectivity index (χ3v) is 5.06. The molecule has 2 aromatic carbocycles. The second kappa shape index (κ2) is 7.45. The number of aromatic nitrogens is 1. The second-order valence-electron chi connectivity index (χ2n) is 6.63. The number of para-hydroxylation sites is 1. The molecule has 0 aliphatic carbocycles. The molecule has 5 heteroatoms. The standard InChI is InChI=1S/C22H24N2O3/c1-15-14-17(21-19(25-2)8-5-9-20(21)26-3)23-22-16(15)6-4-7-18(22)24-10-12-27-13-11-24/h4-9,14H,10-13H2,1-3H3. The van der Waals surface area contributed by atoms with Crippen LogP contribution in [0.15, 0.2) is 42.5 Å². The number of hydrogen-bond acceptors (Lipinski definition) is 5. The summed E-state index contributed by atoms with van der Waals surface area (Å²) in [5.74, 6) is 1.51. The van der Waals surface area contributed by atoms with E-state index in [4.69, 9.17) is 19.2 Å². The van der Waals surface area contributed by atoms with Crippen molar-refractivity contribution in [2.24, 2.45) is 0 Å². The summed E-state index contributed by atoms with van der Waals surface area (Å²) in [4.78, 5) is 7.40. The van der Waals surface area contributed by atoms with Crippen molar-refractivity contribution >= 4 is 16.6 Å². The number of nitrogens with zero attached hydrogens (tertiary/aromatic N) is 2. The van der Waals surface area contributed by atoms with Gasteiger partial charge in [-0.3, -0.25) is 0 Å². The van der Waals surface area contributed by atoms with Crippen molar-refractivity contribution in [3.8, 4) is 22.8 Å². The minimum Gasteiger partial charge on any atom is -0.496 e. The topological polar surface area (TPSA) is 43.8 Å². The lowest BCUT2D eigenvalue weighted by molar-refractivity contribution is 0.123. The molecule has 0 bridgehead atoms. The molecule has 1 aromatic heterocycles. The Kier molecular flexibility index (Phi) is 4.86. The van der Waals surface area contributed by atoms with Crippen molar-refractivity contribution in [1.29, 1.82) is 0 Å². The first-order chi connectivity index (χ1) is 13.2. The fourth-order valence-corrected chi connectivity index (χ4v) is 3.69. The van der Waals surface area contributed by atoms with Gasteiger partial charge in [0.1, 0.15) is 11.5 Å². The van der Waals surface area contributed by atoms with Gasteiger partial charge in [0.25, 0.3) is 0 Å². The fraction of sp³-hybridized carbons (Fsp3) is 0.318. The predicted octanol–water partition coefficient (Wildman–Crippen LogP) is 4.06. The first-order valence-corrected chi connectivity index (χ1v) is 9.17. The minimum atomic E-state index is 0.745. The molecule has 1 aliphatic rings. The zero-order valence-corrected chi connectivity index (χ0v) is 16.0. The van der Waals surface area contributed by atoms with E-state index in [1.165, 1.54) is 5.56 Å². The van der Waals surface area contributed by atoms with E-state index in [0.29, 0.717) is 0 Å². The third-order valence-electron chi connectivity index (χ3n) is 5.06. The summed E-state index contributed by atoms with van der Waals surface area (Å²) >= 11 is 0. The maximum absolute atomic E-state index is 5.59. The molecule has 2 heterocycles. The van der Waals surface area contributed by atoms with Crippen LogP contribution < -0.4 is 14.4 Å². The van der Waals surface area contributed by atoms with E-state index in [1.807, 2.05) is 18.2 Å². The molecular formula is C22H24N2O3. The molecule has 0 spiro atoms. The van der Waals surface area contributed by atoms with Gasteiger partial charge >= 0.3 is 0 Å². The Labute approximate surface area is 159 Å². The van der Waals surface area contributed by atoms with Crippen LogP contribution >= 0.6 is 0 Å². The average Bonchev–Trinajstić information content (AvgIpc) is 2.73. The molecule has 0 amide bonds. The van der Waals surface area contributed by atoms with E-state index in [9.17, 15) is 0 Å². The zero-order chi connectivity index (χ0) is 18.8. The van der Waals surface area contributed by atoms with Crippen molar-refractivity contribution in [3.05, 3.63) is 48.0 Å². The Hall–Kier alpha value is -2.79. The molecule has 0 unspecified atom stereocenters. The molecule has 5 nitrogen and oxygen atoms in total. The third kappa shape index (κ3) is 3.19. The Balaban J connectivity index is 1.94. The lowest BCUT2D eigenvalue weighted by Crippen LogP contribution is -2.36. The molecule has 140 valence electrons. The Morgan fingerprint density at radius 3 is 2.30 bits per heavy atom. The number of rotatable bonds is 4. The molecular weight excluding hydrogens is 340 g/mol. The van der Waals surface area contributed by atoms with E-state index in [-0.39, 0.29) is 0 Å². The van der Waals surface area contributed by atoms with E-state index in [2.05, 4.69) is 36.1 Å². The monoisotopic (exact) mass is 364 g/mol. The highest BCUT2D eigenvalue weighted by molar-refractivity contribution is 5.95. The SMILES string of the molecule is COc1cccc(OC)c1-c1cc(C)c2cccc(N3CCOCC3)c2n1. The summed E-state index contributed by atoms with van der Waals surface area (Å²) < 4.78 is 16.7. The van der Waals surface area contributed by atoms with Crippen LogP contribution in [0.3, 0.4) is 0 Å². The van der Waals surface area contributed by atoms with Gasteiger partial charge in [-0.15, -0.1) is 0 Å². The largest absolute Gasteiger partial charge is 0.496 e. The highest BCUT2D eigenvalue weighted by Gasteiger charge is 2.19. The van der Waals surface area contributed by atoms with Crippen LogP contribution in [-0.4, -0.2) is 45.5 Å².